The quantitative estimate of drug-likeness (QED) is 0.777. The Morgan fingerprint density at radius 2 is 1.95 bits per heavy atom. The van der Waals surface area contributed by atoms with Gasteiger partial charge in [0, 0.05) is 21.8 Å². The van der Waals surface area contributed by atoms with Crippen molar-refractivity contribution in [1.29, 1.82) is 0 Å². The summed E-state index contributed by atoms with van der Waals surface area (Å²) < 4.78 is 1.09. The normalized spacial score (nSPS) is 11.7. The van der Waals surface area contributed by atoms with Gasteiger partial charge in [0.25, 0.3) is 0 Å². The highest BCUT2D eigenvalue weighted by Crippen LogP contribution is 2.13. The van der Waals surface area contributed by atoms with Gasteiger partial charge in [0.15, 0.2) is 0 Å². The van der Waals surface area contributed by atoms with Crippen molar-refractivity contribution in [3.63, 3.8) is 0 Å². The Hall–Kier alpha value is -1.31. The highest BCUT2D eigenvalue weighted by atomic mass is 127. The van der Waals surface area contributed by atoms with E-state index in [2.05, 4.69) is 27.9 Å². The van der Waals surface area contributed by atoms with Crippen LogP contribution in [0.1, 0.15) is 20.3 Å². The van der Waals surface area contributed by atoms with Gasteiger partial charge >= 0.3 is 12.0 Å². The van der Waals surface area contributed by atoms with Crippen molar-refractivity contribution in [2.75, 3.05) is 11.9 Å². The first-order chi connectivity index (χ1) is 8.93. The molecule has 6 heteroatoms. The average molecular weight is 376 g/mol. The van der Waals surface area contributed by atoms with Gasteiger partial charge in [-0.1, -0.05) is 0 Å². The molecule has 5 nitrogen and oxygen atoms in total. The number of nitrogens with zero attached hydrogens (tertiary/aromatic N) is 1. The topological polar surface area (TPSA) is 69.6 Å². The van der Waals surface area contributed by atoms with Crippen LogP contribution in [-0.4, -0.2) is 34.6 Å². The van der Waals surface area contributed by atoms with Gasteiger partial charge in [0.1, 0.15) is 0 Å². The van der Waals surface area contributed by atoms with E-state index in [1.54, 1.807) is 6.92 Å². The number of hydrogen-bond acceptors (Lipinski definition) is 2. The number of carboxylic acids is 1. The van der Waals surface area contributed by atoms with Crippen LogP contribution in [0, 0.1) is 3.57 Å². The molecule has 1 aromatic rings. The van der Waals surface area contributed by atoms with Crippen molar-refractivity contribution in [3.05, 3.63) is 27.8 Å². The lowest BCUT2D eigenvalue weighted by Crippen LogP contribution is -2.42. The van der Waals surface area contributed by atoms with E-state index < -0.39 is 5.97 Å². The van der Waals surface area contributed by atoms with Gasteiger partial charge in [-0.25, -0.2) is 4.79 Å². The summed E-state index contributed by atoms with van der Waals surface area (Å²) in [7, 11) is 0. The number of aliphatic carboxylic acids is 1. The van der Waals surface area contributed by atoms with Crippen molar-refractivity contribution in [3.8, 4) is 0 Å². The molecule has 2 N–H and O–H groups in total. The number of halogens is 1. The lowest BCUT2D eigenvalue weighted by Gasteiger charge is -2.27. The zero-order chi connectivity index (χ0) is 14.4. The monoisotopic (exact) mass is 376 g/mol. The molecule has 1 rings (SSSR count). The Labute approximate surface area is 126 Å². The van der Waals surface area contributed by atoms with E-state index in [9.17, 15) is 9.59 Å². The van der Waals surface area contributed by atoms with Crippen LogP contribution in [0.25, 0.3) is 0 Å². The summed E-state index contributed by atoms with van der Waals surface area (Å²) in [6.07, 6.45) is -0.0616. The van der Waals surface area contributed by atoms with E-state index in [1.165, 1.54) is 4.90 Å². The molecule has 0 bridgehead atoms. The van der Waals surface area contributed by atoms with Crippen molar-refractivity contribution in [2.45, 2.75) is 26.3 Å². The van der Waals surface area contributed by atoms with Gasteiger partial charge in [0.2, 0.25) is 0 Å². The fourth-order valence-electron chi connectivity index (χ4n) is 1.75. The standard InChI is InChI=1S/C13H17IN2O3/c1-3-16(9(2)8-12(17)18)13(19)15-11-6-4-10(14)5-7-11/h4-7,9H,3,8H2,1-2H3,(H,15,19)(H,17,18). The molecule has 19 heavy (non-hydrogen) atoms. The lowest BCUT2D eigenvalue weighted by atomic mass is 10.2. The number of carbonyl (C=O) groups excluding carboxylic acids is 1. The van der Waals surface area contributed by atoms with Gasteiger partial charge in [-0.2, -0.15) is 0 Å². The molecule has 1 unspecified atom stereocenters. The molecule has 0 saturated carbocycles. The van der Waals surface area contributed by atoms with Crippen LogP contribution >= 0.6 is 22.6 Å². The molecule has 1 aromatic carbocycles. The van der Waals surface area contributed by atoms with Gasteiger partial charge in [-0.3, -0.25) is 4.79 Å². The third-order valence-corrected chi connectivity index (χ3v) is 3.42. The third-order valence-electron chi connectivity index (χ3n) is 2.70. The largest absolute Gasteiger partial charge is 0.481 e. The minimum atomic E-state index is -0.909. The van der Waals surface area contributed by atoms with E-state index in [4.69, 9.17) is 5.11 Å². The molecule has 0 aromatic heterocycles. The number of urea groups is 1. The summed E-state index contributed by atoms with van der Waals surface area (Å²) in [6, 6.07) is 6.80. The number of carboxylic acid groups (broad SMARTS) is 1. The molecule has 0 aliphatic rings. The Balaban J connectivity index is 2.68. The number of nitrogens with one attached hydrogen (secondary N) is 1. The fraction of sp³-hybridized carbons (Fsp3) is 0.385. The highest BCUT2D eigenvalue weighted by Gasteiger charge is 2.20. The molecule has 0 radical (unpaired) electrons. The molecular formula is C13H17IN2O3. The summed E-state index contributed by atoms with van der Waals surface area (Å²) in [5, 5.41) is 11.5. The molecule has 2 amide bonds. The first-order valence-corrected chi connectivity index (χ1v) is 7.07. The molecule has 0 saturated heterocycles. The average Bonchev–Trinajstić information content (AvgIpc) is 2.32. The zero-order valence-corrected chi connectivity index (χ0v) is 13.0. The molecular weight excluding hydrogens is 359 g/mol. The summed E-state index contributed by atoms with van der Waals surface area (Å²) in [5.41, 5.74) is 0.700. The molecule has 0 fully saturated rings. The first kappa shape index (κ1) is 15.7. The summed E-state index contributed by atoms with van der Waals surface area (Å²) in [4.78, 5) is 24.3. The lowest BCUT2D eigenvalue weighted by molar-refractivity contribution is -0.137. The Morgan fingerprint density at radius 3 is 2.42 bits per heavy atom. The second-order valence-corrected chi connectivity index (χ2v) is 5.42. The smallest absolute Gasteiger partial charge is 0.322 e. The third kappa shape index (κ3) is 5.06. The number of anilines is 1. The number of hydrogen-bond donors (Lipinski definition) is 2. The molecule has 0 heterocycles. The summed E-state index contributed by atoms with van der Waals surface area (Å²) in [6.45, 7) is 4.02. The minimum absolute atomic E-state index is 0.0616. The number of amides is 2. The van der Waals surface area contributed by atoms with Crippen molar-refractivity contribution in [2.24, 2.45) is 0 Å². The number of rotatable bonds is 5. The molecule has 0 aliphatic heterocycles. The van der Waals surface area contributed by atoms with Crippen LogP contribution in [0.5, 0.6) is 0 Å². The summed E-state index contributed by atoms with van der Waals surface area (Å²) in [5.74, 6) is -0.909. The van der Waals surface area contributed by atoms with Crippen molar-refractivity contribution < 1.29 is 14.7 Å². The maximum Gasteiger partial charge on any atom is 0.322 e. The molecule has 1 atom stereocenters. The minimum Gasteiger partial charge on any atom is -0.481 e. The van der Waals surface area contributed by atoms with Crippen LogP contribution in [0.3, 0.4) is 0 Å². The van der Waals surface area contributed by atoms with Crippen LogP contribution < -0.4 is 5.32 Å². The van der Waals surface area contributed by atoms with Crippen LogP contribution in [-0.2, 0) is 4.79 Å². The van der Waals surface area contributed by atoms with Gasteiger partial charge < -0.3 is 15.3 Å². The zero-order valence-electron chi connectivity index (χ0n) is 10.9. The Bertz CT molecular complexity index is 448. The van der Waals surface area contributed by atoms with E-state index in [1.807, 2.05) is 31.2 Å². The first-order valence-electron chi connectivity index (χ1n) is 5.99. The molecule has 104 valence electrons. The number of carbonyl (C=O) groups is 2. The van der Waals surface area contributed by atoms with E-state index in [-0.39, 0.29) is 18.5 Å². The predicted molar refractivity (Wildman–Crippen MR) is 82.3 cm³/mol. The van der Waals surface area contributed by atoms with E-state index in [0.29, 0.717) is 12.2 Å². The maximum atomic E-state index is 12.1. The van der Waals surface area contributed by atoms with Gasteiger partial charge in [-0.05, 0) is 60.7 Å². The van der Waals surface area contributed by atoms with E-state index >= 15 is 0 Å². The second-order valence-electron chi connectivity index (χ2n) is 4.17. The van der Waals surface area contributed by atoms with Gasteiger partial charge in [-0.15, -0.1) is 0 Å². The van der Waals surface area contributed by atoms with Crippen LogP contribution in [0.15, 0.2) is 24.3 Å². The van der Waals surface area contributed by atoms with Crippen LogP contribution in [0.2, 0.25) is 0 Å². The fourth-order valence-corrected chi connectivity index (χ4v) is 2.11. The predicted octanol–water partition coefficient (Wildman–Crippen LogP) is 3.01. The SMILES string of the molecule is CCN(C(=O)Nc1ccc(I)cc1)C(C)CC(=O)O. The molecule has 0 aliphatic carbocycles. The van der Waals surface area contributed by atoms with E-state index in [0.717, 1.165) is 3.57 Å². The maximum absolute atomic E-state index is 12.1. The number of benzene rings is 1. The Kier molecular flexibility index (Phi) is 6.07. The van der Waals surface area contributed by atoms with Crippen LogP contribution in [0.4, 0.5) is 10.5 Å². The second kappa shape index (κ2) is 7.32. The Morgan fingerprint density at radius 1 is 1.37 bits per heavy atom. The summed E-state index contributed by atoms with van der Waals surface area (Å²) >= 11 is 2.19. The van der Waals surface area contributed by atoms with Crippen molar-refractivity contribution >= 4 is 40.3 Å². The molecule has 0 spiro atoms. The highest BCUT2D eigenvalue weighted by molar-refractivity contribution is 14.1. The van der Waals surface area contributed by atoms with Gasteiger partial charge in [0.05, 0.1) is 6.42 Å². The van der Waals surface area contributed by atoms with Crippen molar-refractivity contribution in [1.82, 2.24) is 4.90 Å².